The van der Waals surface area contributed by atoms with Gasteiger partial charge >= 0.3 is 0 Å². The Morgan fingerprint density at radius 1 is 1.42 bits per heavy atom. The average Bonchev–Trinajstić information content (AvgIpc) is 2.79. The van der Waals surface area contributed by atoms with Crippen LogP contribution in [0.25, 0.3) is 0 Å². The van der Waals surface area contributed by atoms with Crippen LogP contribution in [0, 0.1) is 0 Å². The van der Waals surface area contributed by atoms with Gasteiger partial charge in [-0.25, -0.2) is 4.98 Å². The van der Waals surface area contributed by atoms with Crippen molar-refractivity contribution in [1.29, 1.82) is 0 Å². The molecule has 0 spiro atoms. The number of hydrogen-bond donors (Lipinski definition) is 1. The number of imidazole rings is 1. The van der Waals surface area contributed by atoms with Gasteiger partial charge in [0.2, 0.25) is 0 Å². The lowest BCUT2D eigenvalue weighted by Gasteiger charge is -2.25. The average molecular weight is 265 g/mol. The molecule has 2 aliphatic rings. The van der Waals surface area contributed by atoms with Crippen molar-refractivity contribution < 1.29 is 9.47 Å². The van der Waals surface area contributed by atoms with Crippen molar-refractivity contribution in [3.8, 4) is 0 Å². The number of hydrogen-bond acceptors (Lipinski definition) is 4. The molecule has 5 heteroatoms. The lowest BCUT2D eigenvalue weighted by atomic mass is 10.2. The van der Waals surface area contributed by atoms with E-state index in [1.54, 1.807) is 0 Å². The molecule has 1 N–H and O–H groups in total. The van der Waals surface area contributed by atoms with Gasteiger partial charge in [-0.2, -0.15) is 0 Å². The van der Waals surface area contributed by atoms with Gasteiger partial charge in [0.1, 0.15) is 5.82 Å². The van der Waals surface area contributed by atoms with Gasteiger partial charge < -0.3 is 19.4 Å². The highest BCUT2D eigenvalue weighted by Crippen LogP contribution is 2.19. The zero-order valence-corrected chi connectivity index (χ0v) is 11.7. The Morgan fingerprint density at radius 2 is 2.37 bits per heavy atom. The first-order valence-corrected chi connectivity index (χ1v) is 7.35. The topological polar surface area (TPSA) is 48.3 Å². The summed E-state index contributed by atoms with van der Waals surface area (Å²) in [5, 5.41) is 3.40. The summed E-state index contributed by atoms with van der Waals surface area (Å²) in [5.41, 5.74) is 2.63. The number of aromatic nitrogens is 2. The van der Waals surface area contributed by atoms with E-state index < -0.39 is 0 Å². The zero-order valence-electron chi connectivity index (χ0n) is 11.7. The molecule has 0 amide bonds. The minimum Gasteiger partial charge on any atom is -0.376 e. The van der Waals surface area contributed by atoms with E-state index in [4.69, 9.17) is 14.5 Å². The number of nitrogens with zero attached hydrogens (tertiary/aromatic N) is 2. The molecule has 106 valence electrons. The maximum atomic E-state index is 5.79. The summed E-state index contributed by atoms with van der Waals surface area (Å²) in [5.74, 6) is 1.21. The number of ether oxygens (including phenoxy) is 2. The van der Waals surface area contributed by atoms with Gasteiger partial charge in [-0.15, -0.1) is 0 Å². The fourth-order valence-corrected chi connectivity index (χ4v) is 2.90. The van der Waals surface area contributed by atoms with Crippen LogP contribution in [-0.4, -0.2) is 42.0 Å². The van der Waals surface area contributed by atoms with Crippen LogP contribution in [0.3, 0.4) is 0 Å². The van der Waals surface area contributed by atoms with E-state index in [0.717, 1.165) is 45.5 Å². The van der Waals surface area contributed by atoms with Crippen LogP contribution >= 0.6 is 0 Å². The second-order valence-corrected chi connectivity index (χ2v) is 5.28. The largest absolute Gasteiger partial charge is 0.376 e. The molecule has 2 aliphatic heterocycles. The minimum atomic E-state index is 0.178. The molecule has 19 heavy (non-hydrogen) atoms. The molecule has 0 aliphatic carbocycles. The van der Waals surface area contributed by atoms with E-state index in [9.17, 15) is 0 Å². The van der Waals surface area contributed by atoms with Gasteiger partial charge in [-0.3, -0.25) is 0 Å². The molecule has 3 heterocycles. The Kier molecular flexibility index (Phi) is 4.15. The molecule has 0 saturated carbocycles. The highest BCUT2D eigenvalue weighted by molar-refractivity contribution is 5.20. The maximum Gasteiger partial charge on any atom is 0.109 e. The fraction of sp³-hybridized carbons (Fsp3) is 0.786. The first-order valence-electron chi connectivity index (χ1n) is 7.35. The van der Waals surface area contributed by atoms with Crippen LogP contribution in [0.15, 0.2) is 0 Å². The second kappa shape index (κ2) is 6.03. The van der Waals surface area contributed by atoms with Crippen LogP contribution in [0.4, 0.5) is 0 Å². The standard InChI is InChI=1S/C14H23N3O2/c1-2-3-14-16-12-8-15-5-4-13(12)17(14)9-11-10-18-6-7-19-11/h11,15H,2-10H2,1H3. The predicted molar refractivity (Wildman–Crippen MR) is 72.2 cm³/mol. The summed E-state index contributed by atoms with van der Waals surface area (Å²) >= 11 is 0. The molecule has 1 atom stereocenters. The first kappa shape index (κ1) is 13.1. The van der Waals surface area contributed by atoms with Gasteiger partial charge in [0, 0.05) is 31.6 Å². The number of rotatable bonds is 4. The maximum absolute atomic E-state index is 5.79. The third kappa shape index (κ3) is 2.83. The van der Waals surface area contributed by atoms with Crippen molar-refractivity contribution in [3.63, 3.8) is 0 Å². The van der Waals surface area contributed by atoms with Gasteiger partial charge in [-0.05, 0) is 6.42 Å². The Labute approximate surface area is 114 Å². The Balaban J connectivity index is 1.82. The van der Waals surface area contributed by atoms with Crippen molar-refractivity contribution in [3.05, 3.63) is 17.2 Å². The summed E-state index contributed by atoms with van der Waals surface area (Å²) < 4.78 is 13.7. The number of fused-ring (bicyclic) bond motifs is 1. The fourth-order valence-electron chi connectivity index (χ4n) is 2.90. The molecule has 1 fully saturated rings. The SMILES string of the molecule is CCCc1nc2c(n1CC1COCCO1)CCNC2. The van der Waals surface area contributed by atoms with Crippen molar-refractivity contribution in [2.45, 2.75) is 45.4 Å². The molecule has 1 saturated heterocycles. The summed E-state index contributed by atoms with van der Waals surface area (Å²) in [6.07, 6.45) is 3.42. The molecule has 1 unspecified atom stereocenters. The molecule has 0 bridgehead atoms. The molecule has 1 aromatic heterocycles. The Bertz CT molecular complexity index is 425. The van der Waals surface area contributed by atoms with Crippen molar-refractivity contribution >= 4 is 0 Å². The molecule has 5 nitrogen and oxygen atoms in total. The predicted octanol–water partition coefficient (Wildman–Crippen LogP) is 0.897. The second-order valence-electron chi connectivity index (χ2n) is 5.28. The highest BCUT2D eigenvalue weighted by Gasteiger charge is 2.23. The van der Waals surface area contributed by atoms with E-state index in [-0.39, 0.29) is 6.10 Å². The number of nitrogens with one attached hydrogen (secondary N) is 1. The monoisotopic (exact) mass is 265 g/mol. The molecule has 0 aromatic carbocycles. The zero-order chi connectivity index (χ0) is 13.1. The first-order chi connectivity index (χ1) is 9.38. The van der Waals surface area contributed by atoms with Crippen LogP contribution in [0.2, 0.25) is 0 Å². The Hall–Kier alpha value is -0.910. The van der Waals surface area contributed by atoms with E-state index in [2.05, 4.69) is 16.8 Å². The molecule has 0 radical (unpaired) electrons. The normalized spacial score (nSPS) is 23.3. The third-order valence-electron chi connectivity index (χ3n) is 3.81. The van der Waals surface area contributed by atoms with Gasteiger partial charge in [0.25, 0.3) is 0 Å². The van der Waals surface area contributed by atoms with E-state index >= 15 is 0 Å². The van der Waals surface area contributed by atoms with Crippen LogP contribution in [0.1, 0.15) is 30.6 Å². The Morgan fingerprint density at radius 3 is 3.16 bits per heavy atom. The minimum absolute atomic E-state index is 0.178. The molecule has 3 rings (SSSR count). The quantitative estimate of drug-likeness (QED) is 0.878. The third-order valence-corrected chi connectivity index (χ3v) is 3.81. The lowest BCUT2D eigenvalue weighted by Crippen LogP contribution is -2.34. The summed E-state index contributed by atoms with van der Waals surface area (Å²) in [6.45, 7) is 7.19. The lowest BCUT2D eigenvalue weighted by molar-refractivity contribution is -0.0940. The van der Waals surface area contributed by atoms with Gasteiger partial charge in [-0.1, -0.05) is 6.92 Å². The van der Waals surface area contributed by atoms with E-state index in [0.29, 0.717) is 13.2 Å². The van der Waals surface area contributed by atoms with Crippen molar-refractivity contribution in [2.24, 2.45) is 0 Å². The van der Waals surface area contributed by atoms with Gasteiger partial charge in [0.05, 0.1) is 38.2 Å². The van der Waals surface area contributed by atoms with Crippen LogP contribution in [0.5, 0.6) is 0 Å². The smallest absolute Gasteiger partial charge is 0.109 e. The summed E-state index contributed by atoms with van der Waals surface area (Å²) in [7, 11) is 0. The van der Waals surface area contributed by atoms with E-state index in [1.807, 2.05) is 0 Å². The van der Waals surface area contributed by atoms with Crippen molar-refractivity contribution in [1.82, 2.24) is 14.9 Å². The van der Waals surface area contributed by atoms with Gasteiger partial charge in [0.15, 0.2) is 0 Å². The molecule has 1 aromatic rings. The number of aryl methyl sites for hydroxylation is 1. The summed E-state index contributed by atoms with van der Waals surface area (Å²) in [4.78, 5) is 4.81. The molecular formula is C14H23N3O2. The highest BCUT2D eigenvalue weighted by atomic mass is 16.6. The van der Waals surface area contributed by atoms with Crippen molar-refractivity contribution in [2.75, 3.05) is 26.4 Å². The molecular weight excluding hydrogens is 242 g/mol. The van der Waals surface area contributed by atoms with Crippen LogP contribution in [-0.2, 0) is 35.4 Å². The van der Waals surface area contributed by atoms with E-state index in [1.165, 1.54) is 17.2 Å². The van der Waals surface area contributed by atoms with Crippen LogP contribution < -0.4 is 5.32 Å². The summed E-state index contributed by atoms with van der Waals surface area (Å²) in [6, 6.07) is 0.